The number of aromatic carboxylic acids is 1. The smallest absolute Gasteiger partial charge is 0.352 e. The minimum absolute atomic E-state index is 0.344. The minimum Gasteiger partial charge on any atom is -0.477 e. The molecule has 0 atom stereocenters. The van der Waals surface area contributed by atoms with Gasteiger partial charge in [-0.25, -0.2) is 4.79 Å². The minimum atomic E-state index is -0.862. The second-order valence-electron chi connectivity index (χ2n) is 3.36. The van der Waals surface area contributed by atoms with Gasteiger partial charge in [0.2, 0.25) is 0 Å². The molecular weight excluding hydrogens is 154 g/mol. The molecule has 1 aliphatic rings. The molecule has 0 spiro atoms. The van der Waals surface area contributed by atoms with Gasteiger partial charge in [-0.1, -0.05) is 0 Å². The van der Waals surface area contributed by atoms with Crippen LogP contribution >= 0.6 is 0 Å². The van der Waals surface area contributed by atoms with Gasteiger partial charge in [0.25, 0.3) is 0 Å². The molecule has 1 heterocycles. The van der Waals surface area contributed by atoms with Crippen molar-refractivity contribution >= 4 is 5.97 Å². The number of aromatic amines is 1. The Morgan fingerprint density at radius 3 is 2.75 bits per heavy atom. The fourth-order valence-corrected chi connectivity index (χ4v) is 1.42. The van der Waals surface area contributed by atoms with E-state index in [4.69, 9.17) is 5.11 Å². The average Bonchev–Trinajstić information content (AvgIpc) is 2.75. The first kappa shape index (κ1) is 7.40. The second-order valence-corrected chi connectivity index (χ2v) is 3.36. The molecule has 64 valence electrons. The van der Waals surface area contributed by atoms with Crippen molar-refractivity contribution < 1.29 is 9.90 Å². The highest BCUT2D eigenvalue weighted by Gasteiger charge is 2.26. The standard InChI is InChI=1S/C9H11NO2/c1-5-4-7(6-2-3-6)10-8(5)9(11)12/h4,6,10H,2-3H2,1H3,(H,11,12). The number of carboxylic acids is 1. The van der Waals surface area contributed by atoms with Crippen LogP contribution in [-0.4, -0.2) is 16.1 Å². The Bertz CT molecular complexity index is 323. The third-order valence-electron chi connectivity index (χ3n) is 2.27. The van der Waals surface area contributed by atoms with Gasteiger partial charge in [0.15, 0.2) is 0 Å². The summed E-state index contributed by atoms with van der Waals surface area (Å²) in [7, 11) is 0. The monoisotopic (exact) mass is 165 g/mol. The molecule has 2 rings (SSSR count). The molecule has 0 amide bonds. The van der Waals surface area contributed by atoms with E-state index in [1.54, 1.807) is 0 Å². The molecule has 0 radical (unpaired) electrons. The Morgan fingerprint density at radius 1 is 1.67 bits per heavy atom. The SMILES string of the molecule is Cc1cc(C2CC2)[nH]c1C(=O)O. The topological polar surface area (TPSA) is 53.1 Å². The van der Waals surface area contributed by atoms with E-state index in [1.807, 2.05) is 13.0 Å². The molecule has 0 saturated heterocycles. The Labute approximate surface area is 70.4 Å². The third kappa shape index (κ3) is 1.11. The lowest BCUT2D eigenvalue weighted by atomic mass is 10.2. The molecule has 1 fully saturated rings. The van der Waals surface area contributed by atoms with Crippen molar-refractivity contribution in [3.8, 4) is 0 Å². The lowest BCUT2D eigenvalue weighted by Gasteiger charge is -1.90. The van der Waals surface area contributed by atoms with Crippen LogP contribution in [0.4, 0.5) is 0 Å². The van der Waals surface area contributed by atoms with E-state index in [1.165, 1.54) is 12.8 Å². The van der Waals surface area contributed by atoms with E-state index < -0.39 is 5.97 Å². The van der Waals surface area contributed by atoms with E-state index in [0.29, 0.717) is 11.6 Å². The summed E-state index contributed by atoms with van der Waals surface area (Å²) in [5.74, 6) is -0.267. The zero-order chi connectivity index (χ0) is 8.72. The maximum Gasteiger partial charge on any atom is 0.352 e. The van der Waals surface area contributed by atoms with E-state index >= 15 is 0 Å². The fourth-order valence-electron chi connectivity index (χ4n) is 1.42. The number of carboxylic acid groups (broad SMARTS) is 1. The van der Waals surface area contributed by atoms with Crippen LogP contribution in [0.15, 0.2) is 6.07 Å². The highest BCUT2D eigenvalue weighted by atomic mass is 16.4. The van der Waals surface area contributed by atoms with Crippen molar-refractivity contribution in [2.24, 2.45) is 0 Å². The zero-order valence-corrected chi connectivity index (χ0v) is 6.92. The Balaban J connectivity index is 2.36. The summed E-state index contributed by atoms with van der Waals surface area (Å²) in [6.45, 7) is 1.83. The summed E-state index contributed by atoms with van der Waals surface area (Å²) in [4.78, 5) is 13.6. The van der Waals surface area contributed by atoms with Crippen LogP contribution in [-0.2, 0) is 0 Å². The molecule has 12 heavy (non-hydrogen) atoms. The number of carbonyl (C=O) groups is 1. The van der Waals surface area contributed by atoms with Gasteiger partial charge in [0.05, 0.1) is 0 Å². The quantitative estimate of drug-likeness (QED) is 0.703. The van der Waals surface area contributed by atoms with Crippen LogP contribution in [0.5, 0.6) is 0 Å². The third-order valence-corrected chi connectivity index (χ3v) is 2.27. The summed E-state index contributed by atoms with van der Waals surface area (Å²) in [5, 5.41) is 8.75. The maximum atomic E-state index is 10.6. The lowest BCUT2D eigenvalue weighted by Crippen LogP contribution is -1.98. The number of hydrogen-bond donors (Lipinski definition) is 2. The predicted octanol–water partition coefficient (Wildman–Crippen LogP) is 1.90. The normalized spacial score (nSPS) is 16.4. The van der Waals surface area contributed by atoms with E-state index in [9.17, 15) is 4.79 Å². The number of rotatable bonds is 2. The molecule has 0 bridgehead atoms. The fraction of sp³-hybridized carbons (Fsp3) is 0.444. The van der Waals surface area contributed by atoms with Gasteiger partial charge in [0.1, 0.15) is 5.69 Å². The Hall–Kier alpha value is -1.25. The van der Waals surface area contributed by atoms with Gasteiger partial charge in [-0.05, 0) is 37.3 Å². The van der Waals surface area contributed by atoms with Crippen LogP contribution in [0, 0.1) is 6.92 Å². The van der Waals surface area contributed by atoms with Crippen molar-refractivity contribution in [1.82, 2.24) is 4.98 Å². The molecular formula is C9H11NO2. The van der Waals surface area contributed by atoms with Crippen molar-refractivity contribution in [3.05, 3.63) is 23.0 Å². The summed E-state index contributed by atoms with van der Waals surface area (Å²) < 4.78 is 0. The number of hydrogen-bond acceptors (Lipinski definition) is 1. The zero-order valence-electron chi connectivity index (χ0n) is 6.92. The number of H-pyrrole nitrogens is 1. The predicted molar refractivity (Wildman–Crippen MR) is 44.5 cm³/mol. The Morgan fingerprint density at radius 2 is 2.33 bits per heavy atom. The molecule has 1 saturated carbocycles. The summed E-state index contributed by atoms with van der Waals surface area (Å²) in [6.07, 6.45) is 2.39. The van der Waals surface area contributed by atoms with Crippen LogP contribution in [0.3, 0.4) is 0 Å². The number of aryl methyl sites for hydroxylation is 1. The van der Waals surface area contributed by atoms with Crippen LogP contribution < -0.4 is 0 Å². The first-order valence-electron chi connectivity index (χ1n) is 4.11. The molecule has 3 nitrogen and oxygen atoms in total. The van der Waals surface area contributed by atoms with E-state index in [-0.39, 0.29) is 0 Å². The van der Waals surface area contributed by atoms with E-state index in [0.717, 1.165) is 11.3 Å². The highest BCUT2D eigenvalue weighted by Crippen LogP contribution is 2.39. The second kappa shape index (κ2) is 2.37. The first-order valence-corrected chi connectivity index (χ1v) is 4.11. The molecule has 0 unspecified atom stereocenters. The molecule has 3 heteroatoms. The van der Waals surface area contributed by atoms with Crippen LogP contribution in [0.25, 0.3) is 0 Å². The molecule has 2 N–H and O–H groups in total. The van der Waals surface area contributed by atoms with Gasteiger partial charge >= 0.3 is 5.97 Å². The molecule has 1 aromatic heterocycles. The van der Waals surface area contributed by atoms with Crippen molar-refractivity contribution in [2.75, 3.05) is 0 Å². The van der Waals surface area contributed by atoms with Crippen LogP contribution in [0.1, 0.15) is 40.5 Å². The number of nitrogens with one attached hydrogen (secondary N) is 1. The molecule has 0 aromatic carbocycles. The highest BCUT2D eigenvalue weighted by molar-refractivity contribution is 5.87. The molecule has 1 aliphatic carbocycles. The van der Waals surface area contributed by atoms with Crippen molar-refractivity contribution in [2.45, 2.75) is 25.7 Å². The van der Waals surface area contributed by atoms with Crippen LogP contribution in [0.2, 0.25) is 0 Å². The van der Waals surface area contributed by atoms with Gasteiger partial charge in [-0.3, -0.25) is 0 Å². The largest absolute Gasteiger partial charge is 0.477 e. The first-order chi connectivity index (χ1) is 5.68. The number of aromatic nitrogens is 1. The summed E-state index contributed by atoms with van der Waals surface area (Å²) >= 11 is 0. The van der Waals surface area contributed by atoms with E-state index in [2.05, 4.69) is 4.98 Å². The van der Waals surface area contributed by atoms with Gasteiger partial charge in [-0.15, -0.1) is 0 Å². The molecule has 0 aliphatic heterocycles. The maximum absolute atomic E-state index is 10.6. The van der Waals surface area contributed by atoms with Crippen molar-refractivity contribution in [1.29, 1.82) is 0 Å². The summed E-state index contributed by atoms with van der Waals surface area (Å²) in [6, 6.07) is 1.95. The lowest BCUT2D eigenvalue weighted by molar-refractivity contribution is 0.0690. The van der Waals surface area contributed by atoms with Gasteiger partial charge in [0, 0.05) is 5.69 Å². The average molecular weight is 165 g/mol. The Kier molecular flexibility index (Phi) is 1.46. The van der Waals surface area contributed by atoms with Crippen molar-refractivity contribution in [3.63, 3.8) is 0 Å². The summed E-state index contributed by atoms with van der Waals surface area (Å²) in [5.41, 5.74) is 2.27. The van der Waals surface area contributed by atoms with Gasteiger partial charge in [-0.2, -0.15) is 0 Å². The molecule has 1 aromatic rings. The van der Waals surface area contributed by atoms with Gasteiger partial charge < -0.3 is 10.1 Å².